The van der Waals surface area contributed by atoms with E-state index in [0.29, 0.717) is 0 Å². The minimum absolute atomic E-state index is 0.562. The van der Waals surface area contributed by atoms with Crippen molar-refractivity contribution in [1.29, 1.82) is 0 Å². The van der Waals surface area contributed by atoms with E-state index in [2.05, 4.69) is 0 Å². The van der Waals surface area contributed by atoms with Gasteiger partial charge in [-0.3, -0.25) is 0 Å². The average molecular weight is 321 g/mol. The number of nitrogens with one attached hydrogen (secondary N) is 1. The summed E-state index contributed by atoms with van der Waals surface area (Å²) in [4.78, 5) is 0. The fourth-order valence-corrected chi connectivity index (χ4v) is 1.97. The van der Waals surface area contributed by atoms with E-state index in [-0.39, 0.29) is 0 Å². The molecule has 0 amide bonds. The van der Waals surface area contributed by atoms with Crippen LogP contribution in [0.4, 0.5) is 35.1 Å². The number of hydrogen-bond acceptors (Lipinski definition) is 1. The van der Waals surface area contributed by atoms with E-state index in [1.54, 1.807) is 0 Å². The zero-order chi connectivity index (χ0) is 16.4. The molecule has 0 heterocycles. The summed E-state index contributed by atoms with van der Waals surface area (Å²) in [5.74, 6) is -6.48. The molecule has 120 valence electrons. The normalized spacial score (nSPS) is 14.6. The van der Waals surface area contributed by atoms with Crippen molar-refractivity contribution >= 4 is 0 Å². The first kappa shape index (κ1) is 17.7. The fourth-order valence-electron chi connectivity index (χ4n) is 1.97. The molecule has 0 saturated heterocycles. The van der Waals surface area contributed by atoms with Crippen molar-refractivity contribution in [3.05, 3.63) is 35.4 Å². The molecule has 0 saturated carbocycles. The second kappa shape index (κ2) is 6.17. The summed E-state index contributed by atoms with van der Waals surface area (Å²) in [5, 5.41) is 1.88. The maximum atomic E-state index is 13.4. The number of halogens is 8. The summed E-state index contributed by atoms with van der Waals surface area (Å²) in [7, 11) is 0.895. The summed E-state index contributed by atoms with van der Waals surface area (Å²) in [6, 6.07) is 0.503. The summed E-state index contributed by atoms with van der Waals surface area (Å²) < 4.78 is 102. The van der Waals surface area contributed by atoms with Crippen LogP contribution in [0.5, 0.6) is 0 Å². The number of alkyl halides is 6. The van der Waals surface area contributed by atoms with Crippen LogP contribution in [0.25, 0.3) is 0 Å². The molecule has 0 radical (unpaired) electrons. The first-order valence-electron chi connectivity index (χ1n) is 5.72. The number of hydrogen-bond donors (Lipinski definition) is 1. The van der Waals surface area contributed by atoms with Crippen LogP contribution in [-0.2, 0) is 6.42 Å². The SMILES string of the molecule is CNC(Cc1cccc(F)c1F)C(C(F)(F)F)C(F)(F)F. The molecule has 1 aromatic rings. The van der Waals surface area contributed by atoms with Gasteiger partial charge in [-0.15, -0.1) is 0 Å². The zero-order valence-electron chi connectivity index (χ0n) is 10.6. The second-order valence-electron chi connectivity index (χ2n) is 4.37. The van der Waals surface area contributed by atoms with Crippen molar-refractivity contribution in [2.45, 2.75) is 24.8 Å². The molecule has 0 aromatic heterocycles. The first-order chi connectivity index (χ1) is 9.48. The smallest absolute Gasteiger partial charge is 0.316 e. The Morgan fingerprint density at radius 3 is 1.95 bits per heavy atom. The largest absolute Gasteiger partial charge is 0.402 e. The van der Waals surface area contributed by atoms with Gasteiger partial charge >= 0.3 is 12.4 Å². The van der Waals surface area contributed by atoms with Gasteiger partial charge in [0.2, 0.25) is 0 Å². The van der Waals surface area contributed by atoms with Crippen molar-refractivity contribution in [2.75, 3.05) is 7.05 Å². The van der Waals surface area contributed by atoms with Crippen molar-refractivity contribution in [3.63, 3.8) is 0 Å². The van der Waals surface area contributed by atoms with Crippen LogP contribution in [0, 0.1) is 17.6 Å². The highest BCUT2D eigenvalue weighted by Crippen LogP contribution is 2.42. The Morgan fingerprint density at radius 2 is 1.52 bits per heavy atom. The third kappa shape index (κ3) is 4.29. The molecule has 0 spiro atoms. The lowest BCUT2D eigenvalue weighted by molar-refractivity contribution is -0.291. The van der Waals surface area contributed by atoms with E-state index in [1.165, 1.54) is 0 Å². The van der Waals surface area contributed by atoms with Crippen molar-refractivity contribution in [3.8, 4) is 0 Å². The molecule has 1 N–H and O–H groups in total. The summed E-state index contributed by atoms with van der Waals surface area (Å²) in [6.07, 6.45) is -12.1. The van der Waals surface area contributed by atoms with Gasteiger partial charge in [0, 0.05) is 6.04 Å². The highest BCUT2D eigenvalue weighted by atomic mass is 19.4. The van der Waals surface area contributed by atoms with E-state index in [0.717, 1.165) is 25.2 Å². The summed E-state index contributed by atoms with van der Waals surface area (Å²) in [6.45, 7) is 0. The third-order valence-electron chi connectivity index (χ3n) is 2.95. The van der Waals surface area contributed by atoms with Crippen LogP contribution in [0.15, 0.2) is 18.2 Å². The highest BCUT2D eigenvalue weighted by molar-refractivity contribution is 5.20. The van der Waals surface area contributed by atoms with E-state index in [4.69, 9.17) is 0 Å². The molecular weight excluding hydrogens is 310 g/mol. The molecule has 0 aliphatic heterocycles. The Morgan fingerprint density at radius 1 is 1.00 bits per heavy atom. The number of rotatable bonds is 4. The van der Waals surface area contributed by atoms with Gasteiger partial charge in [-0.25, -0.2) is 8.78 Å². The highest BCUT2D eigenvalue weighted by Gasteiger charge is 2.59. The van der Waals surface area contributed by atoms with Crippen LogP contribution < -0.4 is 5.32 Å². The standard InChI is InChI=1S/C12H11F8N/c1-21-8(10(11(15,16)17)12(18,19)20)5-6-3-2-4-7(13)9(6)14/h2-4,8,10,21H,5H2,1H3. The van der Waals surface area contributed by atoms with Crippen molar-refractivity contribution in [2.24, 2.45) is 5.92 Å². The van der Waals surface area contributed by atoms with Crippen LogP contribution in [0.3, 0.4) is 0 Å². The lowest BCUT2D eigenvalue weighted by atomic mass is 9.92. The monoisotopic (exact) mass is 321 g/mol. The zero-order valence-corrected chi connectivity index (χ0v) is 10.6. The van der Waals surface area contributed by atoms with Crippen LogP contribution in [0.2, 0.25) is 0 Å². The lowest BCUT2D eigenvalue weighted by Crippen LogP contribution is -2.51. The molecule has 1 nitrogen and oxygen atoms in total. The van der Waals surface area contributed by atoms with Gasteiger partial charge in [0.1, 0.15) is 0 Å². The molecule has 1 atom stereocenters. The number of benzene rings is 1. The van der Waals surface area contributed by atoms with Crippen LogP contribution >= 0.6 is 0 Å². The molecule has 9 heteroatoms. The molecule has 0 fully saturated rings. The van der Waals surface area contributed by atoms with Gasteiger partial charge in [-0.1, -0.05) is 12.1 Å². The average Bonchev–Trinajstić information content (AvgIpc) is 2.30. The third-order valence-corrected chi connectivity index (χ3v) is 2.95. The predicted octanol–water partition coefficient (Wildman–Crippen LogP) is 3.84. The Labute approximate surface area is 114 Å². The summed E-state index contributed by atoms with van der Waals surface area (Å²) in [5.41, 5.74) is -0.562. The quantitative estimate of drug-likeness (QED) is 0.831. The molecule has 21 heavy (non-hydrogen) atoms. The van der Waals surface area contributed by atoms with E-state index >= 15 is 0 Å². The Hall–Kier alpha value is -1.38. The van der Waals surface area contributed by atoms with Gasteiger partial charge in [0.15, 0.2) is 17.6 Å². The molecule has 1 unspecified atom stereocenters. The van der Waals surface area contributed by atoms with E-state index in [9.17, 15) is 35.1 Å². The fraction of sp³-hybridized carbons (Fsp3) is 0.500. The predicted molar refractivity (Wildman–Crippen MR) is 58.5 cm³/mol. The molecular formula is C12H11F8N. The van der Waals surface area contributed by atoms with Gasteiger partial charge in [0.25, 0.3) is 0 Å². The van der Waals surface area contributed by atoms with Gasteiger partial charge in [0.05, 0.1) is 0 Å². The van der Waals surface area contributed by atoms with Crippen molar-refractivity contribution < 1.29 is 35.1 Å². The Bertz CT molecular complexity index is 465. The molecule has 0 bridgehead atoms. The topological polar surface area (TPSA) is 12.0 Å². The van der Waals surface area contributed by atoms with Crippen LogP contribution in [-0.4, -0.2) is 25.4 Å². The van der Waals surface area contributed by atoms with Crippen molar-refractivity contribution in [1.82, 2.24) is 5.32 Å². The summed E-state index contributed by atoms with van der Waals surface area (Å²) >= 11 is 0. The minimum atomic E-state index is -5.56. The Balaban J connectivity index is 3.14. The number of likely N-dealkylation sites (N-methyl/N-ethyl adjacent to an activating group) is 1. The molecule has 1 rings (SSSR count). The van der Waals surface area contributed by atoms with E-state index in [1.807, 2.05) is 5.32 Å². The van der Waals surface area contributed by atoms with Crippen LogP contribution in [0.1, 0.15) is 5.56 Å². The minimum Gasteiger partial charge on any atom is -0.316 e. The Kier molecular flexibility index (Phi) is 5.19. The lowest BCUT2D eigenvalue weighted by Gasteiger charge is -2.30. The molecule has 0 aliphatic carbocycles. The first-order valence-corrected chi connectivity index (χ1v) is 5.72. The van der Waals surface area contributed by atoms with E-state index < -0.39 is 47.9 Å². The maximum absolute atomic E-state index is 13.4. The van der Waals surface area contributed by atoms with Gasteiger partial charge in [-0.2, -0.15) is 26.3 Å². The molecule has 1 aromatic carbocycles. The van der Waals surface area contributed by atoms with Gasteiger partial charge in [-0.05, 0) is 25.1 Å². The molecule has 0 aliphatic rings. The van der Waals surface area contributed by atoms with Gasteiger partial charge < -0.3 is 5.32 Å². The second-order valence-corrected chi connectivity index (χ2v) is 4.37. The maximum Gasteiger partial charge on any atom is 0.402 e.